The van der Waals surface area contributed by atoms with Crippen LogP contribution in [0.1, 0.15) is 29.4 Å². The van der Waals surface area contributed by atoms with Crippen molar-refractivity contribution in [1.82, 2.24) is 9.97 Å². The van der Waals surface area contributed by atoms with Crippen molar-refractivity contribution >= 4 is 17.3 Å². The SMILES string of the molecule is CCc1nc(NC)c(C)c(Nc2cccc(C)c2C)n1. The van der Waals surface area contributed by atoms with E-state index in [1.807, 2.05) is 14.0 Å². The Hall–Kier alpha value is -2.10. The van der Waals surface area contributed by atoms with Crippen LogP contribution in [-0.4, -0.2) is 17.0 Å². The fourth-order valence-corrected chi connectivity index (χ4v) is 2.10. The van der Waals surface area contributed by atoms with Crippen LogP contribution in [0.5, 0.6) is 0 Å². The second-order valence-corrected chi connectivity index (χ2v) is 4.94. The summed E-state index contributed by atoms with van der Waals surface area (Å²) in [5.74, 6) is 2.59. The zero-order chi connectivity index (χ0) is 14.7. The highest BCUT2D eigenvalue weighted by Crippen LogP contribution is 2.26. The Kier molecular flexibility index (Phi) is 4.23. The van der Waals surface area contributed by atoms with Crippen molar-refractivity contribution < 1.29 is 0 Å². The first-order valence-electron chi connectivity index (χ1n) is 6.95. The molecule has 0 aliphatic rings. The van der Waals surface area contributed by atoms with Gasteiger partial charge in [-0.2, -0.15) is 0 Å². The number of hydrogen-bond donors (Lipinski definition) is 2. The van der Waals surface area contributed by atoms with Gasteiger partial charge in [0.05, 0.1) is 0 Å². The molecule has 0 amide bonds. The van der Waals surface area contributed by atoms with Crippen LogP contribution in [0.4, 0.5) is 17.3 Å². The molecule has 106 valence electrons. The molecule has 0 atom stereocenters. The lowest BCUT2D eigenvalue weighted by Gasteiger charge is -2.15. The minimum absolute atomic E-state index is 0.816. The number of aromatic nitrogens is 2. The minimum atomic E-state index is 0.816. The maximum absolute atomic E-state index is 4.60. The lowest BCUT2D eigenvalue weighted by atomic mass is 10.1. The molecule has 0 aliphatic carbocycles. The summed E-state index contributed by atoms with van der Waals surface area (Å²) in [6.07, 6.45) is 0.816. The lowest BCUT2D eigenvalue weighted by molar-refractivity contribution is 0.935. The summed E-state index contributed by atoms with van der Waals surface area (Å²) in [4.78, 5) is 9.09. The van der Waals surface area contributed by atoms with Crippen LogP contribution in [0.2, 0.25) is 0 Å². The van der Waals surface area contributed by atoms with Gasteiger partial charge in [-0.3, -0.25) is 0 Å². The first-order valence-corrected chi connectivity index (χ1v) is 6.95. The molecule has 2 aromatic rings. The van der Waals surface area contributed by atoms with Crippen molar-refractivity contribution in [3.63, 3.8) is 0 Å². The van der Waals surface area contributed by atoms with Gasteiger partial charge in [-0.15, -0.1) is 0 Å². The van der Waals surface area contributed by atoms with E-state index in [0.717, 1.165) is 35.1 Å². The molecule has 0 aliphatic heterocycles. The van der Waals surface area contributed by atoms with E-state index in [9.17, 15) is 0 Å². The molecular formula is C16H22N4. The van der Waals surface area contributed by atoms with Crippen molar-refractivity contribution in [3.05, 3.63) is 40.7 Å². The first kappa shape index (κ1) is 14.3. The van der Waals surface area contributed by atoms with Gasteiger partial charge in [0.15, 0.2) is 0 Å². The van der Waals surface area contributed by atoms with E-state index in [-0.39, 0.29) is 0 Å². The molecule has 1 heterocycles. The normalized spacial score (nSPS) is 10.4. The molecule has 0 bridgehead atoms. The Balaban J connectivity index is 2.45. The highest BCUT2D eigenvalue weighted by molar-refractivity contribution is 5.67. The van der Waals surface area contributed by atoms with Crippen LogP contribution in [0, 0.1) is 20.8 Å². The highest BCUT2D eigenvalue weighted by Gasteiger charge is 2.10. The van der Waals surface area contributed by atoms with Crippen molar-refractivity contribution in [2.24, 2.45) is 0 Å². The average Bonchev–Trinajstić information content (AvgIpc) is 2.45. The molecule has 0 spiro atoms. The van der Waals surface area contributed by atoms with Crippen LogP contribution in [-0.2, 0) is 6.42 Å². The molecule has 0 radical (unpaired) electrons. The summed E-state index contributed by atoms with van der Waals surface area (Å²) in [7, 11) is 1.89. The van der Waals surface area contributed by atoms with Crippen LogP contribution in [0.3, 0.4) is 0 Å². The summed E-state index contributed by atoms with van der Waals surface area (Å²) >= 11 is 0. The van der Waals surface area contributed by atoms with Crippen molar-refractivity contribution in [2.75, 3.05) is 17.7 Å². The summed E-state index contributed by atoms with van der Waals surface area (Å²) in [6.45, 7) is 8.32. The smallest absolute Gasteiger partial charge is 0.139 e. The number of nitrogens with zero attached hydrogens (tertiary/aromatic N) is 2. The van der Waals surface area contributed by atoms with Gasteiger partial charge in [0.25, 0.3) is 0 Å². The van der Waals surface area contributed by atoms with Crippen LogP contribution in [0.25, 0.3) is 0 Å². The number of aryl methyl sites for hydroxylation is 2. The van der Waals surface area contributed by atoms with Gasteiger partial charge in [0.2, 0.25) is 0 Å². The molecule has 4 nitrogen and oxygen atoms in total. The molecule has 0 saturated carbocycles. The molecule has 0 unspecified atom stereocenters. The van der Waals surface area contributed by atoms with Gasteiger partial charge in [0.1, 0.15) is 17.5 Å². The summed E-state index contributed by atoms with van der Waals surface area (Å²) < 4.78 is 0. The van der Waals surface area contributed by atoms with Gasteiger partial charge in [-0.25, -0.2) is 9.97 Å². The Labute approximate surface area is 120 Å². The second kappa shape index (κ2) is 5.90. The van der Waals surface area contributed by atoms with Crippen molar-refractivity contribution in [2.45, 2.75) is 34.1 Å². The number of anilines is 3. The van der Waals surface area contributed by atoms with Gasteiger partial charge in [-0.1, -0.05) is 19.1 Å². The third kappa shape index (κ3) is 2.74. The Bertz CT molecular complexity index is 620. The van der Waals surface area contributed by atoms with Crippen molar-refractivity contribution in [1.29, 1.82) is 0 Å². The number of nitrogens with one attached hydrogen (secondary N) is 2. The molecule has 20 heavy (non-hydrogen) atoms. The zero-order valence-corrected chi connectivity index (χ0v) is 12.8. The third-order valence-electron chi connectivity index (χ3n) is 3.60. The lowest BCUT2D eigenvalue weighted by Crippen LogP contribution is -2.07. The topological polar surface area (TPSA) is 49.8 Å². The fourth-order valence-electron chi connectivity index (χ4n) is 2.10. The van der Waals surface area contributed by atoms with E-state index in [0.29, 0.717) is 0 Å². The predicted molar refractivity (Wildman–Crippen MR) is 84.9 cm³/mol. The number of hydrogen-bond acceptors (Lipinski definition) is 4. The summed E-state index contributed by atoms with van der Waals surface area (Å²) in [6, 6.07) is 6.25. The maximum atomic E-state index is 4.60. The van der Waals surface area contributed by atoms with E-state index >= 15 is 0 Å². The molecule has 2 N–H and O–H groups in total. The van der Waals surface area contributed by atoms with Gasteiger partial charge in [0, 0.05) is 24.7 Å². The predicted octanol–water partition coefficient (Wildman–Crippen LogP) is 3.75. The van der Waals surface area contributed by atoms with Crippen LogP contribution >= 0.6 is 0 Å². The minimum Gasteiger partial charge on any atom is -0.373 e. The standard InChI is InChI=1S/C16H22N4/c1-6-14-19-15(17-5)12(4)16(20-14)18-13-9-7-8-10(2)11(13)3/h7-9H,6H2,1-5H3,(H2,17,18,19,20). The molecule has 1 aromatic carbocycles. The number of benzene rings is 1. The van der Waals surface area contributed by atoms with Gasteiger partial charge < -0.3 is 10.6 Å². The van der Waals surface area contributed by atoms with Crippen molar-refractivity contribution in [3.8, 4) is 0 Å². The molecule has 4 heteroatoms. The quantitative estimate of drug-likeness (QED) is 0.888. The van der Waals surface area contributed by atoms with E-state index < -0.39 is 0 Å². The van der Waals surface area contributed by atoms with E-state index in [2.05, 4.69) is 59.6 Å². The number of rotatable bonds is 4. The average molecular weight is 270 g/mol. The second-order valence-electron chi connectivity index (χ2n) is 4.94. The molecule has 1 aromatic heterocycles. The van der Waals surface area contributed by atoms with E-state index in [4.69, 9.17) is 0 Å². The maximum Gasteiger partial charge on any atom is 0.139 e. The van der Waals surface area contributed by atoms with Gasteiger partial charge >= 0.3 is 0 Å². The van der Waals surface area contributed by atoms with Crippen LogP contribution < -0.4 is 10.6 Å². The van der Waals surface area contributed by atoms with Gasteiger partial charge in [-0.05, 0) is 38.0 Å². The van der Waals surface area contributed by atoms with E-state index in [1.165, 1.54) is 11.1 Å². The Morgan fingerprint density at radius 2 is 1.70 bits per heavy atom. The summed E-state index contributed by atoms with van der Waals surface area (Å²) in [5, 5.41) is 6.57. The largest absolute Gasteiger partial charge is 0.373 e. The molecular weight excluding hydrogens is 248 g/mol. The first-order chi connectivity index (χ1) is 9.56. The Morgan fingerprint density at radius 1 is 1.00 bits per heavy atom. The Morgan fingerprint density at radius 3 is 2.35 bits per heavy atom. The van der Waals surface area contributed by atoms with E-state index in [1.54, 1.807) is 0 Å². The highest BCUT2D eigenvalue weighted by atomic mass is 15.1. The fraction of sp³-hybridized carbons (Fsp3) is 0.375. The molecule has 2 rings (SSSR count). The van der Waals surface area contributed by atoms with Crippen LogP contribution in [0.15, 0.2) is 18.2 Å². The zero-order valence-electron chi connectivity index (χ0n) is 12.8. The monoisotopic (exact) mass is 270 g/mol. The molecule has 0 fully saturated rings. The summed E-state index contributed by atoms with van der Waals surface area (Å²) in [5.41, 5.74) is 4.64. The molecule has 0 saturated heterocycles. The third-order valence-corrected chi connectivity index (χ3v) is 3.60.